The molecule has 3 amide bonds. The third-order valence-electron chi connectivity index (χ3n) is 6.06. The van der Waals surface area contributed by atoms with Crippen molar-refractivity contribution >= 4 is 17.7 Å². The zero-order chi connectivity index (χ0) is 21.9. The van der Waals surface area contributed by atoms with Crippen LogP contribution in [-0.2, 0) is 14.3 Å². The highest BCUT2D eigenvalue weighted by Gasteiger charge is 2.54. The van der Waals surface area contributed by atoms with E-state index in [2.05, 4.69) is 5.32 Å². The molecule has 1 N–H and O–H groups in total. The van der Waals surface area contributed by atoms with Gasteiger partial charge >= 0.3 is 0 Å². The van der Waals surface area contributed by atoms with Crippen LogP contribution in [0.1, 0.15) is 56.0 Å². The minimum absolute atomic E-state index is 0.0687. The number of benzene rings is 1. The van der Waals surface area contributed by atoms with Crippen LogP contribution in [0.15, 0.2) is 24.3 Å². The Kier molecular flexibility index (Phi) is 6.81. The van der Waals surface area contributed by atoms with Gasteiger partial charge in [0, 0.05) is 44.0 Å². The number of aryl methyl sites for hydroxylation is 1. The molecule has 2 saturated heterocycles. The topological polar surface area (TPSA) is 79.0 Å². The molecular weight excluding hydrogens is 382 g/mol. The van der Waals surface area contributed by atoms with Gasteiger partial charge in [-0.3, -0.25) is 19.3 Å². The quantitative estimate of drug-likeness (QED) is 0.801. The molecule has 0 aliphatic carbocycles. The van der Waals surface area contributed by atoms with Crippen LogP contribution in [-0.4, -0.2) is 65.5 Å². The van der Waals surface area contributed by atoms with Gasteiger partial charge in [-0.25, -0.2) is 0 Å². The molecule has 3 rings (SSSR count). The van der Waals surface area contributed by atoms with Gasteiger partial charge in [0.05, 0.1) is 6.61 Å². The van der Waals surface area contributed by atoms with Crippen molar-refractivity contribution in [3.63, 3.8) is 0 Å². The Morgan fingerprint density at radius 2 is 1.87 bits per heavy atom. The monoisotopic (exact) mass is 415 g/mol. The van der Waals surface area contributed by atoms with Gasteiger partial charge in [-0.2, -0.15) is 0 Å². The lowest BCUT2D eigenvalue weighted by atomic mass is 9.95. The molecule has 0 aromatic heterocycles. The summed E-state index contributed by atoms with van der Waals surface area (Å²) in [6, 6.07) is 6.75. The average Bonchev–Trinajstić information content (AvgIpc) is 3.10. The van der Waals surface area contributed by atoms with Gasteiger partial charge in [-0.1, -0.05) is 39.0 Å². The van der Waals surface area contributed by atoms with Crippen molar-refractivity contribution < 1.29 is 19.1 Å². The number of carbonyl (C=O) groups is 3. The first-order chi connectivity index (χ1) is 14.3. The smallest absolute Gasteiger partial charge is 0.257 e. The summed E-state index contributed by atoms with van der Waals surface area (Å²) < 4.78 is 6.19. The Morgan fingerprint density at radius 1 is 1.20 bits per heavy atom. The van der Waals surface area contributed by atoms with Crippen LogP contribution in [0.4, 0.5) is 0 Å². The van der Waals surface area contributed by atoms with Crippen molar-refractivity contribution in [2.45, 2.75) is 58.7 Å². The van der Waals surface area contributed by atoms with E-state index in [-0.39, 0.29) is 30.2 Å². The zero-order valence-electron chi connectivity index (χ0n) is 18.4. The molecule has 0 unspecified atom stereocenters. The standard InChI is InChI=1S/C23H33N3O4/c1-5-12-24-20(27)19-15-30-23(10-13-25(14-11-23)21(28)16(2)3)26(19)22(29)18-9-7-6-8-17(18)4/h6-9,16,19H,5,10-15H2,1-4H3,(H,24,27)/t19-/m0/s1. The minimum atomic E-state index is -0.860. The Hall–Kier alpha value is -2.41. The van der Waals surface area contributed by atoms with E-state index >= 15 is 0 Å². The van der Waals surface area contributed by atoms with E-state index in [1.165, 1.54) is 0 Å². The van der Waals surface area contributed by atoms with E-state index in [1.54, 1.807) is 11.0 Å². The van der Waals surface area contributed by atoms with Crippen LogP contribution in [0.5, 0.6) is 0 Å². The normalized spacial score (nSPS) is 20.6. The molecule has 1 aromatic carbocycles. The summed E-state index contributed by atoms with van der Waals surface area (Å²) >= 11 is 0. The summed E-state index contributed by atoms with van der Waals surface area (Å²) in [7, 11) is 0. The maximum absolute atomic E-state index is 13.6. The van der Waals surface area contributed by atoms with Crippen LogP contribution in [0, 0.1) is 12.8 Å². The van der Waals surface area contributed by atoms with Gasteiger partial charge in [0.25, 0.3) is 5.91 Å². The zero-order valence-corrected chi connectivity index (χ0v) is 18.4. The van der Waals surface area contributed by atoms with Crippen molar-refractivity contribution in [1.29, 1.82) is 0 Å². The van der Waals surface area contributed by atoms with Crippen LogP contribution in [0.25, 0.3) is 0 Å². The molecule has 7 nitrogen and oxygen atoms in total. The Balaban J connectivity index is 1.89. The van der Waals surface area contributed by atoms with Crippen molar-refractivity contribution in [1.82, 2.24) is 15.1 Å². The molecule has 1 aromatic rings. The second-order valence-electron chi connectivity index (χ2n) is 8.53. The molecule has 7 heteroatoms. The number of rotatable bonds is 5. The number of nitrogens with zero attached hydrogens (tertiary/aromatic N) is 2. The van der Waals surface area contributed by atoms with Crippen molar-refractivity contribution in [2.24, 2.45) is 5.92 Å². The maximum Gasteiger partial charge on any atom is 0.257 e. The van der Waals surface area contributed by atoms with Crippen LogP contribution in [0.3, 0.4) is 0 Å². The lowest BCUT2D eigenvalue weighted by molar-refractivity contribution is -0.146. The van der Waals surface area contributed by atoms with Gasteiger partial charge in [0.2, 0.25) is 11.8 Å². The second-order valence-corrected chi connectivity index (χ2v) is 8.53. The van der Waals surface area contributed by atoms with Gasteiger partial charge < -0.3 is 15.0 Å². The minimum Gasteiger partial charge on any atom is -0.354 e. The summed E-state index contributed by atoms with van der Waals surface area (Å²) in [4.78, 5) is 42.4. The van der Waals surface area contributed by atoms with Crippen LogP contribution < -0.4 is 5.32 Å². The molecule has 2 aliphatic heterocycles. The largest absolute Gasteiger partial charge is 0.354 e. The van der Waals surface area contributed by atoms with E-state index in [9.17, 15) is 14.4 Å². The molecule has 0 saturated carbocycles. The Bertz CT molecular complexity index is 799. The first kappa shape index (κ1) is 22.3. The third-order valence-corrected chi connectivity index (χ3v) is 6.06. The summed E-state index contributed by atoms with van der Waals surface area (Å²) in [6.07, 6.45) is 1.82. The van der Waals surface area contributed by atoms with E-state index in [0.29, 0.717) is 38.0 Å². The summed E-state index contributed by atoms with van der Waals surface area (Å²) in [5, 5.41) is 2.91. The number of piperidine rings is 1. The molecule has 30 heavy (non-hydrogen) atoms. The van der Waals surface area contributed by atoms with Crippen LogP contribution >= 0.6 is 0 Å². The lowest BCUT2D eigenvalue weighted by Crippen LogP contribution is -2.60. The molecule has 1 spiro atoms. The molecule has 2 fully saturated rings. The van der Waals surface area contributed by atoms with Gasteiger partial charge in [-0.05, 0) is 25.0 Å². The highest BCUT2D eigenvalue weighted by molar-refractivity contribution is 5.99. The average molecular weight is 416 g/mol. The number of ether oxygens (including phenoxy) is 1. The maximum atomic E-state index is 13.6. The molecular formula is C23H33N3O4. The van der Waals surface area contributed by atoms with E-state index < -0.39 is 11.8 Å². The number of nitrogens with one attached hydrogen (secondary N) is 1. The number of carbonyl (C=O) groups excluding carboxylic acids is 3. The Labute approximate surface area is 178 Å². The summed E-state index contributed by atoms with van der Waals surface area (Å²) in [5.74, 6) is -0.333. The Morgan fingerprint density at radius 3 is 2.47 bits per heavy atom. The molecule has 164 valence electrons. The molecule has 0 radical (unpaired) electrons. The van der Waals surface area contributed by atoms with Gasteiger partial charge in [0.15, 0.2) is 0 Å². The summed E-state index contributed by atoms with van der Waals surface area (Å²) in [6.45, 7) is 9.42. The van der Waals surface area contributed by atoms with E-state index in [4.69, 9.17) is 4.74 Å². The van der Waals surface area contributed by atoms with Crippen molar-refractivity contribution in [3.8, 4) is 0 Å². The molecule has 2 aliphatic rings. The number of hydrogen-bond donors (Lipinski definition) is 1. The first-order valence-electron chi connectivity index (χ1n) is 10.9. The van der Waals surface area contributed by atoms with Crippen LogP contribution in [0.2, 0.25) is 0 Å². The third kappa shape index (κ3) is 4.21. The van der Waals surface area contributed by atoms with Gasteiger partial charge in [-0.15, -0.1) is 0 Å². The highest BCUT2D eigenvalue weighted by Crippen LogP contribution is 2.39. The highest BCUT2D eigenvalue weighted by atomic mass is 16.5. The van der Waals surface area contributed by atoms with Crippen molar-refractivity contribution in [2.75, 3.05) is 26.2 Å². The first-order valence-corrected chi connectivity index (χ1v) is 10.9. The van der Waals surface area contributed by atoms with Gasteiger partial charge in [0.1, 0.15) is 11.8 Å². The predicted octanol–water partition coefficient (Wildman–Crippen LogP) is 2.34. The van der Waals surface area contributed by atoms with E-state index in [1.807, 2.05) is 50.8 Å². The van der Waals surface area contributed by atoms with Crippen molar-refractivity contribution in [3.05, 3.63) is 35.4 Å². The second kappa shape index (κ2) is 9.16. The fraction of sp³-hybridized carbons (Fsp3) is 0.609. The number of hydrogen-bond acceptors (Lipinski definition) is 4. The number of likely N-dealkylation sites (tertiary alicyclic amines) is 1. The SMILES string of the molecule is CCCNC(=O)[C@@H]1COC2(CCN(C(=O)C(C)C)CC2)N1C(=O)c1ccccc1C. The molecule has 0 bridgehead atoms. The van der Waals surface area contributed by atoms with E-state index in [0.717, 1.165) is 12.0 Å². The number of amides is 3. The fourth-order valence-electron chi connectivity index (χ4n) is 4.32. The fourth-order valence-corrected chi connectivity index (χ4v) is 4.32. The lowest BCUT2D eigenvalue weighted by Gasteiger charge is -2.45. The molecule has 1 atom stereocenters. The predicted molar refractivity (Wildman–Crippen MR) is 114 cm³/mol. The summed E-state index contributed by atoms with van der Waals surface area (Å²) in [5.41, 5.74) is 0.586. The molecule has 2 heterocycles.